The quantitative estimate of drug-likeness (QED) is 0.358. The molecule has 0 unspecified atom stereocenters. The maximum absolute atomic E-state index is 13.8. The van der Waals surface area contributed by atoms with Crippen molar-refractivity contribution in [2.75, 3.05) is 12.9 Å². The Labute approximate surface area is 162 Å². The number of nitrogens with zero attached hydrogens (tertiary/aromatic N) is 7. The lowest BCUT2D eigenvalue weighted by Gasteiger charge is -2.03. The number of aromatic nitrogens is 7. The molecule has 0 saturated carbocycles. The summed E-state index contributed by atoms with van der Waals surface area (Å²) in [5, 5.41) is 17.8. The minimum Gasteiger partial charge on any atom is -0.469 e. The third-order valence-electron chi connectivity index (χ3n) is 3.94. The first-order chi connectivity index (χ1) is 13.6. The minimum absolute atomic E-state index is 0.0956. The molecule has 11 heteroatoms. The predicted octanol–water partition coefficient (Wildman–Crippen LogP) is 2.21. The van der Waals surface area contributed by atoms with Crippen LogP contribution in [0.15, 0.2) is 29.4 Å². The lowest BCUT2D eigenvalue weighted by atomic mass is 10.3. The van der Waals surface area contributed by atoms with Crippen LogP contribution in [0, 0.1) is 5.82 Å². The molecule has 0 atom stereocenters. The van der Waals surface area contributed by atoms with Gasteiger partial charge in [0.25, 0.3) is 5.78 Å². The van der Waals surface area contributed by atoms with Crippen LogP contribution in [0.25, 0.3) is 22.6 Å². The molecule has 3 heterocycles. The molecule has 144 valence electrons. The molecule has 0 N–H and O–H groups in total. The summed E-state index contributed by atoms with van der Waals surface area (Å²) in [6, 6.07) is 5.96. The number of thioether (sulfide) groups is 1. The van der Waals surface area contributed by atoms with E-state index in [4.69, 9.17) is 4.74 Å². The van der Waals surface area contributed by atoms with Crippen molar-refractivity contribution in [1.82, 2.24) is 34.6 Å². The first-order valence-corrected chi connectivity index (χ1v) is 9.56. The van der Waals surface area contributed by atoms with Gasteiger partial charge in [0.05, 0.1) is 19.2 Å². The summed E-state index contributed by atoms with van der Waals surface area (Å²) in [5.41, 5.74) is 1.65. The highest BCUT2D eigenvalue weighted by atomic mass is 32.2. The smallest absolute Gasteiger partial charge is 0.311 e. The Morgan fingerprint density at radius 2 is 2.14 bits per heavy atom. The normalized spacial score (nSPS) is 11.4. The van der Waals surface area contributed by atoms with Gasteiger partial charge in [0, 0.05) is 5.75 Å². The number of hydrogen-bond acceptors (Lipinski definition) is 8. The van der Waals surface area contributed by atoms with Crippen LogP contribution in [0.2, 0.25) is 0 Å². The van der Waals surface area contributed by atoms with Crippen LogP contribution in [-0.4, -0.2) is 53.4 Å². The molecule has 9 nitrogen and oxygen atoms in total. The molecule has 28 heavy (non-hydrogen) atoms. The third kappa shape index (κ3) is 3.28. The summed E-state index contributed by atoms with van der Waals surface area (Å²) >= 11 is 1.51. The highest BCUT2D eigenvalue weighted by molar-refractivity contribution is 7.99. The zero-order valence-corrected chi connectivity index (χ0v) is 16.0. The summed E-state index contributed by atoms with van der Waals surface area (Å²) in [4.78, 5) is 16.2. The van der Waals surface area contributed by atoms with Gasteiger partial charge in [-0.15, -0.1) is 15.3 Å². The topological polar surface area (TPSA) is 100 Å². The monoisotopic (exact) mass is 401 g/mol. The van der Waals surface area contributed by atoms with Crippen molar-refractivity contribution >= 4 is 34.7 Å². The van der Waals surface area contributed by atoms with Gasteiger partial charge in [-0.2, -0.15) is 14.6 Å². The Balaban J connectivity index is 1.96. The van der Waals surface area contributed by atoms with Crippen LogP contribution in [0.5, 0.6) is 0 Å². The molecule has 0 aliphatic rings. The third-order valence-corrected chi connectivity index (χ3v) is 4.99. The molecule has 0 bridgehead atoms. The number of halogens is 1. The van der Waals surface area contributed by atoms with Crippen LogP contribution in [0.4, 0.5) is 4.39 Å². The van der Waals surface area contributed by atoms with Crippen LogP contribution in [0.3, 0.4) is 0 Å². The highest BCUT2D eigenvalue weighted by Crippen LogP contribution is 2.23. The first-order valence-electron chi connectivity index (χ1n) is 8.57. The molecule has 0 aliphatic heterocycles. The molecule has 0 spiro atoms. The number of fused-ring (bicyclic) bond motifs is 3. The lowest BCUT2D eigenvalue weighted by molar-refractivity contribution is -0.139. The van der Waals surface area contributed by atoms with E-state index in [2.05, 4.69) is 32.3 Å². The van der Waals surface area contributed by atoms with Crippen molar-refractivity contribution in [3.63, 3.8) is 0 Å². The van der Waals surface area contributed by atoms with Crippen LogP contribution >= 0.6 is 11.8 Å². The van der Waals surface area contributed by atoms with E-state index in [0.29, 0.717) is 33.5 Å². The number of carbonyl (C=O) groups is 1. The maximum atomic E-state index is 13.8. The van der Waals surface area contributed by atoms with E-state index in [9.17, 15) is 9.18 Å². The van der Waals surface area contributed by atoms with Crippen molar-refractivity contribution in [3.05, 3.63) is 35.8 Å². The summed E-state index contributed by atoms with van der Waals surface area (Å²) in [6.07, 6.45) is 0.882. The number of ether oxygens (including phenoxy) is 1. The van der Waals surface area contributed by atoms with Gasteiger partial charge in [-0.05, 0) is 24.6 Å². The summed E-state index contributed by atoms with van der Waals surface area (Å²) < 4.78 is 21.5. The average molecular weight is 401 g/mol. The Morgan fingerprint density at radius 1 is 1.29 bits per heavy atom. The zero-order valence-electron chi connectivity index (χ0n) is 15.2. The van der Waals surface area contributed by atoms with E-state index >= 15 is 0 Å². The largest absolute Gasteiger partial charge is 0.469 e. The van der Waals surface area contributed by atoms with Gasteiger partial charge in [0.15, 0.2) is 11.2 Å². The van der Waals surface area contributed by atoms with Crippen molar-refractivity contribution < 1.29 is 13.9 Å². The summed E-state index contributed by atoms with van der Waals surface area (Å²) in [7, 11) is 1.30. The van der Waals surface area contributed by atoms with E-state index in [1.807, 2.05) is 0 Å². The van der Waals surface area contributed by atoms with Crippen molar-refractivity contribution in [1.29, 1.82) is 0 Å². The van der Waals surface area contributed by atoms with Gasteiger partial charge in [0.1, 0.15) is 11.5 Å². The first kappa shape index (κ1) is 18.3. The molecule has 4 aromatic rings. The van der Waals surface area contributed by atoms with Crippen LogP contribution in [0.1, 0.15) is 19.0 Å². The number of rotatable bonds is 6. The van der Waals surface area contributed by atoms with Gasteiger partial charge in [-0.3, -0.25) is 4.79 Å². The molecular formula is C17H16FN7O2S. The minimum atomic E-state index is -0.467. The maximum Gasteiger partial charge on any atom is 0.311 e. The Kier molecular flexibility index (Phi) is 4.90. The fourth-order valence-corrected chi connectivity index (χ4v) is 3.37. The molecule has 0 amide bonds. The van der Waals surface area contributed by atoms with Crippen LogP contribution < -0.4 is 0 Å². The molecule has 0 aliphatic carbocycles. The summed E-state index contributed by atoms with van der Waals surface area (Å²) in [5.74, 6) is 0.287. The fraction of sp³-hybridized carbons (Fsp3) is 0.294. The number of esters is 1. The number of carbonyl (C=O) groups excluding carboxylic acids is 1. The molecule has 0 fully saturated rings. The Bertz CT molecular complexity index is 1170. The second kappa shape index (κ2) is 7.50. The van der Waals surface area contributed by atoms with Gasteiger partial charge in [-0.25, -0.2) is 9.07 Å². The molecule has 0 saturated heterocycles. The van der Waals surface area contributed by atoms with E-state index in [-0.39, 0.29) is 6.42 Å². The standard InChI is InChI=1S/C17H16FN7O2S/c1-3-7-28-17-19-16-21-20-14-12(9-13(26)27-2)22-24(15(14)25(16)23-17)11-6-4-5-10(18)8-11/h4-6,8H,3,7,9H2,1-2H3. The van der Waals surface area contributed by atoms with Crippen molar-refractivity contribution in [3.8, 4) is 5.69 Å². The predicted molar refractivity (Wildman–Crippen MR) is 99.9 cm³/mol. The lowest BCUT2D eigenvalue weighted by Crippen LogP contribution is -2.06. The van der Waals surface area contributed by atoms with Crippen molar-refractivity contribution in [2.24, 2.45) is 0 Å². The van der Waals surface area contributed by atoms with Gasteiger partial charge >= 0.3 is 5.97 Å². The fourth-order valence-electron chi connectivity index (χ4n) is 2.69. The van der Waals surface area contributed by atoms with E-state index in [0.717, 1.165) is 12.2 Å². The van der Waals surface area contributed by atoms with E-state index in [1.54, 1.807) is 12.1 Å². The second-order valence-corrected chi connectivity index (χ2v) is 6.98. The van der Waals surface area contributed by atoms with Crippen LogP contribution in [-0.2, 0) is 16.0 Å². The SMILES string of the molecule is CCCSc1nc2nnc3c(CC(=O)OC)nn(-c4cccc(F)c4)c3n2n1. The molecule has 1 aromatic carbocycles. The van der Waals surface area contributed by atoms with Gasteiger partial charge < -0.3 is 4.74 Å². The molecule has 0 radical (unpaired) electrons. The van der Waals surface area contributed by atoms with Crippen molar-refractivity contribution in [2.45, 2.75) is 24.9 Å². The number of hydrogen-bond donors (Lipinski definition) is 0. The Hall–Kier alpha value is -3.08. The van der Waals surface area contributed by atoms with Gasteiger partial charge in [0.2, 0.25) is 5.16 Å². The second-order valence-electron chi connectivity index (χ2n) is 5.92. The number of benzene rings is 1. The molecular weight excluding hydrogens is 385 g/mol. The van der Waals surface area contributed by atoms with E-state index < -0.39 is 11.8 Å². The van der Waals surface area contributed by atoms with E-state index in [1.165, 1.54) is 40.2 Å². The Morgan fingerprint density at radius 3 is 2.89 bits per heavy atom. The highest BCUT2D eigenvalue weighted by Gasteiger charge is 2.22. The van der Waals surface area contributed by atoms with Gasteiger partial charge in [-0.1, -0.05) is 24.8 Å². The average Bonchev–Trinajstić information content (AvgIpc) is 3.27. The molecule has 3 aromatic heterocycles. The number of methoxy groups -OCH3 is 1. The zero-order chi connectivity index (χ0) is 19.7. The molecule has 4 rings (SSSR count). The summed E-state index contributed by atoms with van der Waals surface area (Å²) in [6.45, 7) is 2.07.